The van der Waals surface area contributed by atoms with Crippen LogP contribution in [0.15, 0.2) is 30.3 Å². The van der Waals surface area contributed by atoms with Gasteiger partial charge < -0.3 is 0 Å². The maximum Gasteiger partial charge on any atom is 0.0724 e. The zero-order valence-electron chi connectivity index (χ0n) is 9.93. The molecule has 1 fully saturated rings. The molecule has 0 aromatic heterocycles. The molecule has 2 heteroatoms. The highest BCUT2D eigenvalue weighted by Gasteiger charge is 2.35. The number of rotatable bonds is 1. The van der Waals surface area contributed by atoms with E-state index in [1.165, 1.54) is 24.2 Å². The fourth-order valence-electron chi connectivity index (χ4n) is 3.00. The molecule has 1 heterocycles. The first-order chi connectivity index (χ1) is 7.77. The first-order valence-corrected chi connectivity index (χ1v) is 5.95. The van der Waals surface area contributed by atoms with Gasteiger partial charge in [-0.25, -0.2) is 0 Å². The maximum atomic E-state index is 2.46. The van der Waals surface area contributed by atoms with E-state index in [1.54, 1.807) is 0 Å². The predicted molar refractivity (Wildman–Crippen MR) is 67.3 cm³/mol. The molecule has 2 aliphatic rings. The van der Waals surface area contributed by atoms with Gasteiger partial charge >= 0.3 is 0 Å². The van der Waals surface area contributed by atoms with Crippen molar-refractivity contribution in [1.82, 2.24) is 9.80 Å². The Kier molecular flexibility index (Phi) is 2.34. The highest BCUT2D eigenvalue weighted by atomic mass is 15.4. The lowest BCUT2D eigenvalue weighted by molar-refractivity contribution is 0.171. The van der Waals surface area contributed by atoms with Crippen LogP contribution < -0.4 is 0 Å². The lowest BCUT2D eigenvalue weighted by Gasteiger charge is -2.30. The molecule has 1 aromatic rings. The number of fused-ring (bicyclic) bond motifs is 1. The summed E-state index contributed by atoms with van der Waals surface area (Å²) in [7, 11) is 4.45. The van der Waals surface area contributed by atoms with Crippen LogP contribution in [0.4, 0.5) is 0 Å². The van der Waals surface area contributed by atoms with E-state index in [0.717, 1.165) is 0 Å². The summed E-state index contributed by atoms with van der Waals surface area (Å²) < 4.78 is 0. The van der Waals surface area contributed by atoms with Gasteiger partial charge in [-0.2, -0.15) is 0 Å². The molecule has 1 unspecified atom stereocenters. The third kappa shape index (κ3) is 1.41. The van der Waals surface area contributed by atoms with E-state index < -0.39 is 0 Å². The van der Waals surface area contributed by atoms with Gasteiger partial charge in [-0.15, -0.1) is 0 Å². The number of hydrogen-bond acceptors (Lipinski definition) is 2. The lowest BCUT2D eigenvalue weighted by atomic mass is 9.97. The molecule has 1 aliphatic heterocycles. The van der Waals surface area contributed by atoms with E-state index in [0.29, 0.717) is 12.1 Å². The Bertz CT molecular complexity index is 414. The molecule has 0 saturated carbocycles. The minimum atomic E-state index is 0.528. The molecule has 2 nitrogen and oxygen atoms in total. The topological polar surface area (TPSA) is 6.48 Å². The van der Waals surface area contributed by atoms with Crippen LogP contribution >= 0.6 is 0 Å². The normalized spacial score (nSPS) is 26.5. The number of nitrogens with zero attached hydrogens (tertiary/aromatic N) is 2. The van der Waals surface area contributed by atoms with E-state index in [1.807, 2.05) is 0 Å². The van der Waals surface area contributed by atoms with Crippen molar-refractivity contribution < 1.29 is 0 Å². The van der Waals surface area contributed by atoms with Crippen molar-refractivity contribution in [3.63, 3.8) is 0 Å². The standard InChI is InChI=1S/C14H18N2/c1-15-9-10-16(2)14(15)13-8-7-11-5-3-4-6-12(11)13/h3-8,13-14H,9-10H2,1-2H3. The van der Waals surface area contributed by atoms with Gasteiger partial charge in [-0.05, 0) is 25.2 Å². The number of hydrogen-bond donors (Lipinski definition) is 0. The molecular weight excluding hydrogens is 196 g/mol. The quantitative estimate of drug-likeness (QED) is 0.705. The van der Waals surface area contributed by atoms with E-state index in [-0.39, 0.29) is 0 Å². The molecule has 3 rings (SSSR count). The zero-order valence-corrected chi connectivity index (χ0v) is 9.93. The van der Waals surface area contributed by atoms with Crippen molar-refractivity contribution in [1.29, 1.82) is 0 Å². The van der Waals surface area contributed by atoms with Crippen LogP contribution in [0.5, 0.6) is 0 Å². The Morgan fingerprint density at radius 1 is 1.06 bits per heavy atom. The first kappa shape index (κ1) is 10.1. The fraction of sp³-hybridized carbons (Fsp3) is 0.429. The van der Waals surface area contributed by atoms with E-state index in [2.05, 4.69) is 60.3 Å². The summed E-state index contributed by atoms with van der Waals surface area (Å²) in [6, 6.07) is 8.74. The van der Waals surface area contributed by atoms with Crippen LogP contribution in [0, 0.1) is 0 Å². The Hall–Kier alpha value is -1.12. The highest BCUT2D eigenvalue weighted by molar-refractivity contribution is 5.62. The van der Waals surface area contributed by atoms with E-state index in [9.17, 15) is 0 Å². The van der Waals surface area contributed by atoms with E-state index >= 15 is 0 Å². The predicted octanol–water partition coefficient (Wildman–Crippen LogP) is 2.00. The van der Waals surface area contributed by atoms with Crippen LogP contribution in [0.2, 0.25) is 0 Å². The largest absolute Gasteiger partial charge is 0.289 e. The number of benzene rings is 1. The molecule has 84 valence electrons. The Labute approximate surface area is 97.2 Å². The van der Waals surface area contributed by atoms with Crippen LogP contribution in [-0.2, 0) is 0 Å². The second-order valence-corrected chi connectivity index (χ2v) is 4.89. The average molecular weight is 214 g/mol. The molecule has 0 spiro atoms. The summed E-state index contributed by atoms with van der Waals surface area (Å²) >= 11 is 0. The van der Waals surface area contributed by atoms with Gasteiger partial charge in [0.15, 0.2) is 0 Å². The van der Waals surface area contributed by atoms with Crippen molar-refractivity contribution in [2.24, 2.45) is 0 Å². The van der Waals surface area contributed by atoms with Gasteiger partial charge in [0.2, 0.25) is 0 Å². The summed E-state index contributed by atoms with van der Waals surface area (Å²) in [6.07, 6.45) is 5.15. The van der Waals surface area contributed by atoms with Crippen molar-refractivity contribution in [3.8, 4) is 0 Å². The second kappa shape index (κ2) is 3.72. The molecule has 0 N–H and O–H groups in total. The van der Waals surface area contributed by atoms with Gasteiger partial charge in [0, 0.05) is 19.0 Å². The molecule has 0 amide bonds. The smallest absolute Gasteiger partial charge is 0.0724 e. The Morgan fingerprint density at radius 2 is 1.75 bits per heavy atom. The third-order valence-corrected chi connectivity index (χ3v) is 3.87. The van der Waals surface area contributed by atoms with Crippen molar-refractivity contribution in [3.05, 3.63) is 41.5 Å². The third-order valence-electron chi connectivity index (χ3n) is 3.87. The maximum absolute atomic E-state index is 2.46. The van der Waals surface area contributed by atoms with E-state index in [4.69, 9.17) is 0 Å². The SMILES string of the molecule is CN1CCN(C)C1C1C=Cc2ccccc21. The molecule has 1 aromatic carbocycles. The van der Waals surface area contributed by atoms with Crippen molar-refractivity contribution in [2.75, 3.05) is 27.2 Å². The molecule has 1 atom stereocenters. The summed E-state index contributed by atoms with van der Waals surface area (Å²) in [5, 5.41) is 0. The summed E-state index contributed by atoms with van der Waals surface area (Å²) in [5.41, 5.74) is 2.87. The van der Waals surface area contributed by atoms with Gasteiger partial charge in [0.25, 0.3) is 0 Å². The first-order valence-electron chi connectivity index (χ1n) is 5.95. The summed E-state index contributed by atoms with van der Waals surface area (Å²) in [6.45, 7) is 2.35. The van der Waals surface area contributed by atoms with Crippen LogP contribution in [0.1, 0.15) is 17.0 Å². The highest BCUT2D eigenvalue weighted by Crippen LogP contribution is 2.36. The van der Waals surface area contributed by atoms with Gasteiger partial charge in [-0.3, -0.25) is 9.80 Å². The molecule has 0 bridgehead atoms. The monoisotopic (exact) mass is 214 g/mol. The Balaban J connectivity index is 1.95. The zero-order chi connectivity index (χ0) is 11.1. The Morgan fingerprint density at radius 3 is 2.50 bits per heavy atom. The summed E-state index contributed by atoms with van der Waals surface area (Å²) in [5.74, 6) is 0.536. The second-order valence-electron chi connectivity index (χ2n) is 4.89. The van der Waals surface area contributed by atoms with Gasteiger partial charge in [0.1, 0.15) is 0 Å². The molecule has 1 saturated heterocycles. The lowest BCUT2D eigenvalue weighted by Crippen LogP contribution is -2.38. The summed E-state index contributed by atoms with van der Waals surface area (Å²) in [4.78, 5) is 4.91. The molecule has 16 heavy (non-hydrogen) atoms. The number of likely N-dealkylation sites (N-methyl/N-ethyl adjacent to an activating group) is 2. The minimum Gasteiger partial charge on any atom is -0.289 e. The molecule has 1 aliphatic carbocycles. The molecular formula is C14H18N2. The minimum absolute atomic E-state index is 0.528. The average Bonchev–Trinajstić information content (AvgIpc) is 2.83. The van der Waals surface area contributed by atoms with Gasteiger partial charge in [-0.1, -0.05) is 36.4 Å². The van der Waals surface area contributed by atoms with Crippen LogP contribution in [0.25, 0.3) is 6.08 Å². The van der Waals surface area contributed by atoms with Crippen molar-refractivity contribution in [2.45, 2.75) is 12.1 Å². The van der Waals surface area contributed by atoms with Crippen LogP contribution in [-0.4, -0.2) is 43.2 Å². The molecule has 0 radical (unpaired) electrons. The van der Waals surface area contributed by atoms with Crippen molar-refractivity contribution >= 4 is 6.08 Å². The fourth-order valence-corrected chi connectivity index (χ4v) is 3.00. The van der Waals surface area contributed by atoms with Gasteiger partial charge in [0.05, 0.1) is 6.17 Å². The van der Waals surface area contributed by atoms with Crippen LogP contribution in [0.3, 0.4) is 0 Å².